The lowest BCUT2D eigenvalue weighted by molar-refractivity contribution is -0.134. The fraction of sp³-hybridized carbons (Fsp3) is 0.217. The maximum absolute atomic E-state index is 13.2. The van der Waals surface area contributed by atoms with Crippen LogP contribution in [0.2, 0.25) is 0 Å². The number of carbonyl (C=O) groups is 1. The average molecular weight is 399 g/mol. The van der Waals surface area contributed by atoms with E-state index in [9.17, 15) is 4.79 Å². The van der Waals surface area contributed by atoms with Gasteiger partial charge in [-0.25, -0.2) is 0 Å². The van der Waals surface area contributed by atoms with E-state index in [2.05, 4.69) is 44.1 Å². The van der Waals surface area contributed by atoms with Gasteiger partial charge in [-0.1, -0.05) is 35.5 Å². The number of hydrogen-bond donors (Lipinski definition) is 0. The molecule has 7 heteroatoms. The van der Waals surface area contributed by atoms with Crippen LogP contribution in [-0.4, -0.2) is 37.0 Å². The monoisotopic (exact) mass is 399 g/mol. The van der Waals surface area contributed by atoms with Crippen molar-refractivity contribution >= 4 is 5.91 Å². The van der Waals surface area contributed by atoms with Crippen molar-refractivity contribution in [3.8, 4) is 11.4 Å². The number of amides is 1. The molecule has 0 saturated carbocycles. The maximum atomic E-state index is 13.2. The summed E-state index contributed by atoms with van der Waals surface area (Å²) in [6, 6.07) is 17.9. The van der Waals surface area contributed by atoms with Gasteiger partial charge in [0.2, 0.25) is 17.6 Å². The molecule has 4 heterocycles. The highest BCUT2D eigenvalue weighted by Gasteiger charge is 2.31. The third-order valence-electron chi connectivity index (χ3n) is 5.41. The van der Waals surface area contributed by atoms with Crippen molar-refractivity contribution in [3.63, 3.8) is 0 Å². The molecule has 7 nitrogen and oxygen atoms in total. The van der Waals surface area contributed by atoms with Crippen LogP contribution in [0, 0.1) is 0 Å². The molecule has 30 heavy (non-hydrogen) atoms. The zero-order chi connectivity index (χ0) is 20.3. The summed E-state index contributed by atoms with van der Waals surface area (Å²) in [5.41, 5.74) is 3.04. The highest BCUT2D eigenvalue weighted by atomic mass is 16.5. The lowest BCUT2D eigenvalue weighted by Gasteiger charge is -2.37. The molecule has 5 rings (SSSR count). The molecule has 0 aliphatic carbocycles. The van der Waals surface area contributed by atoms with Crippen LogP contribution in [0.25, 0.3) is 11.4 Å². The standard InChI is InChI=1S/C23H21N5O2/c29-21(11-10-20-25-23(26-30-20)18-8-4-12-24-16-18)28-15-14-27-13-5-9-19(27)22(28)17-6-2-1-3-7-17/h1-9,12-13,16,22H,10-11,14-15H2. The van der Waals surface area contributed by atoms with Crippen molar-refractivity contribution in [1.29, 1.82) is 0 Å². The van der Waals surface area contributed by atoms with Crippen LogP contribution < -0.4 is 0 Å². The zero-order valence-electron chi connectivity index (χ0n) is 16.4. The van der Waals surface area contributed by atoms with E-state index in [-0.39, 0.29) is 11.9 Å². The van der Waals surface area contributed by atoms with Crippen LogP contribution in [0.15, 0.2) is 77.7 Å². The molecule has 0 radical (unpaired) electrons. The summed E-state index contributed by atoms with van der Waals surface area (Å²) in [6.45, 7) is 1.47. The van der Waals surface area contributed by atoms with Crippen molar-refractivity contribution in [2.75, 3.05) is 6.54 Å². The van der Waals surface area contributed by atoms with E-state index in [4.69, 9.17) is 4.52 Å². The third-order valence-corrected chi connectivity index (χ3v) is 5.41. The SMILES string of the molecule is O=C(CCc1nc(-c2cccnc2)no1)N1CCn2cccc2C1c1ccccc1. The summed E-state index contributed by atoms with van der Waals surface area (Å²) in [7, 11) is 0. The fourth-order valence-electron chi connectivity index (χ4n) is 3.96. The summed E-state index contributed by atoms with van der Waals surface area (Å²) >= 11 is 0. The number of nitrogens with zero attached hydrogens (tertiary/aromatic N) is 5. The molecule has 1 unspecified atom stereocenters. The molecule has 1 atom stereocenters. The van der Waals surface area contributed by atoms with Crippen LogP contribution in [0.1, 0.15) is 29.6 Å². The van der Waals surface area contributed by atoms with Gasteiger partial charge in [0.05, 0.1) is 6.04 Å². The molecular formula is C23H21N5O2. The molecule has 0 saturated heterocycles. The van der Waals surface area contributed by atoms with Gasteiger partial charge in [-0.05, 0) is 29.8 Å². The van der Waals surface area contributed by atoms with Crippen LogP contribution in [0.4, 0.5) is 0 Å². The van der Waals surface area contributed by atoms with Crippen LogP contribution in [0.5, 0.6) is 0 Å². The Hall–Kier alpha value is -3.74. The Balaban J connectivity index is 1.33. The molecule has 0 N–H and O–H groups in total. The summed E-state index contributed by atoms with van der Waals surface area (Å²) in [4.78, 5) is 23.6. The fourth-order valence-corrected chi connectivity index (χ4v) is 3.96. The smallest absolute Gasteiger partial charge is 0.227 e. The van der Waals surface area contributed by atoms with E-state index in [1.54, 1.807) is 12.4 Å². The maximum Gasteiger partial charge on any atom is 0.227 e. The highest BCUT2D eigenvalue weighted by Crippen LogP contribution is 2.32. The Bertz CT molecular complexity index is 1140. The molecule has 1 aliphatic heterocycles. The summed E-state index contributed by atoms with van der Waals surface area (Å²) in [6.07, 6.45) is 6.18. The number of benzene rings is 1. The summed E-state index contributed by atoms with van der Waals surface area (Å²) in [5.74, 6) is 1.03. The van der Waals surface area contributed by atoms with Crippen LogP contribution in [-0.2, 0) is 17.8 Å². The lowest BCUT2D eigenvalue weighted by Crippen LogP contribution is -2.42. The van der Waals surface area contributed by atoms with E-state index in [0.717, 1.165) is 23.4 Å². The zero-order valence-corrected chi connectivity index (χ0v) is 16.4. The Labute approximate surface area is 174 Å². The first kappa shape index (κ1) is 18.3. The van der Waals surface area contributed by atoms with Crippen molar-refractivity contribution in [2.24, 2.45) is 0 Å². The first-order valence-corrected chi connectivity index (χ1v) is 10.0. The van der Waals surface area contributed by atoms with Crippen molar-refractivity contribution in [1.82, 2.24) is 24.6 Å². The van der Waals surface area contributed by atoms with Crippen molar-refractivity contribution in [2.45, 2.75) is 25.4 Å². The molecular weight excluding hydrogens is 378 g/mol. The van der Waals surface area contributed by atoms with Gasteiger partial charge in [0.25, 0.3) is 0 Å². The molecule has 3 aromatic heterocycles. The predicted octanol–water partition coefficient (Wildman–Crippen LogP) is 3.50. The number of aryl methyl sites for hydroxylation is 1. The van der Waals surface area contributed by atoms with Gasteiger partial charge < -0.3 is 14.0 Å². The first-order chi connectivity index (χ1) is 14.8. The largest absolute Gasteiger partial charge is 0.348 e. The number of rotatable bonds is 5. The highest BCUT2D eigenvalue weighted by molar-refractivity contribution is 5.77. The minimum Gasteiger partial charge on any atom is -0.348 e. The first-order valence-electron chi connectivity index (χ1n) is 10.0. The van der Waals surface area contributed by atoms with E-state index < -0.39 is 0 Å². The predicted molar refractivity (Wildman–Crippen MR) is 110 cm³/mol. The topological polar surface area (TPSA) is 77.0 Å². The van der Waals surface area contributed by atoms with E-state index >= 15 is 0 Å². The average Bonchev–Trinajstić information content (AvgIpc) is 3.47. The quantitative estimate of drug-likeness (QED) is 0.513. The van der Waals surface area contributed by atoms with E-state index in [0.29, 0.717) is 31.1 Å². The molecule has 4 aromatic rings. The summed E-state index contributed by atoms with van der Waals surface area (Å²) in [5, 5.41) is 4.01. The minimum absolute atomic E-state index is 0.0810. The van der Waals surface area contributed by atoms with Gasteiger partial charge in [-0.3, -0.25) is 9.78 Å². The molecule has 1 amide bonds. The van der Waals surface area contributed by atoms with Gasteiger partial charge >= 0.3 is 0 Å². The van der Waals surface area contributed by atoms with Gasteiger partial charge in [0.1, 0.15) is 0 Å². The number of pyridine rings is 1. The van der Waals surface area contributed by atoms with Gasteiger partial charge in [-0.2, -0.15) is 4.98 Å². The number of carbonyl (C=O) groups excluding carboxylic acids is 1. The van der Waals surface area contributed by atoms with Crippen LogP contribution >= 0.6 is 0 Å². The second-order valence-electron chi connectivity index (χ2n) is 7.28. The van der Waals surface area contributed by atoms with E-state index in [1.807, 2.05) is 41.3 Å². The Morgan fingerprint density at radius 2 is 1.97 bits per heavy atom. The third kappa shape index (κ3) is 3.50. The normalized spacial score (nSPS) is 15.7. The van der Waals surface area contributed by atoms with E-state index in [1.165, 1.54) is 0 Å². The Morgan fingerprint density at radius 3 is 2.80 bits per heavy atom. The number of aromatic nitrogens is 4. The molecule has 0 spiro atoms. The summed E-state index contributed by atoms with van der Waals surface area (Å²) < 4.78 is 7.57. The van der Waals surface area contributed by atoms with Crippen molar-refractivity contribution < 1.29 is 9.32 Å². The number of hydrogen-bond acceptors (Lipinski definition) is 5. The van der Waals surface area contributed by atoms with Gasteiger partial charge in [0, 0.05) is 55.8 Å². The molecule has 1 aromatic carbocycles. The second kappa shape index (κ2) is 7.94. The van der Waals surface area contributed by atoms with Gasteiger partial charge in [0.15, 0.2) is 0 Å². The lowest BCUT2D eigenvalue weighted by atomic mass is 9.99. The second-order valence-corrected chi connectivity index (χ2v) is 7.28. The molecule has 1 aliphatic rings. The van der Waals surface area contributed by atoms with Gasteiger partial charge in [-0.15, -0.1) is 0 Å². The Morgan fingerprint density at radius 1 is 1.07 bits per heavy atom. The molecule has 150 valence electrons. The number of fused-ring (bicyclic) bond motifs is 1. The minimum atomic E-state index is -0.0870. The molecule has 0 bridgehead atoms. The van der Waals surface area contributed by atoms with Crippen LogP contribution in [0.3, 0.4) is 0 Å². The molecule has 0 fully saturated rings. The van der Waals surface area contributed by atoms with Crippen molar-refractivity contribution in [3.05, 3.63) is 90.3 Å². The Kier molecular flexibility index (Phi) is 4.85.